The van der Waals surface area contributed by atoms with Crippen molar-refractivity contribution in [3.63, 3.8) is 0 Å². The molecule has 0 aliphatic rings. The topological polar surface area (TPSA) is 80.4 Å². The molecule has 0 aliphatic heterocycles. The van der Waals surface area contributed by atoms with E-state index in [0.29, 0.717) is 22.9 Å². The molecule has 2 N–H and O–H groups in total. The van der Waals surface area contributed by atoms with Crippen LogP contribution in [0.2, 0.25) is 0 Å². The Labute approximate surface area is 153 Å². The van der Waals surface area contributed by atoms with Crippen LogP contribution in [0.4, 0.5) is 11.7 Å². The summed E-state index contributed by atoms with van der Waals surface area (Å²) in [7, 11) is 0. The Morgan fingerprint density at radius 1 is 1.00 bits per heavy atom. The number of rotatable bonds is 6. The van der Waals surface area contributed by atoms with E-state index in [1.54, 1.807) is 42.4 Å². The highest BCUT2D eigenvalue weighted by Gasteiger charge is 2.07. The molecule has 0 aliphatic carbocycles. The molecule has 0 radical (unpaired) electrons. The fraction of sp³-hybridized carbons (Fsp3) is 0.0526. The normalized spacial score (nSPS) is 10.8. The number of aromatic nitrogens is 2. The molecule has 0 unspecified atom stereocenters. The molecule has 6 nitrogen and oxygen atoms in total. The summed E-state index contributed by atoms with van der Waals surface area (Å²) < 4.78 is 10.7. The van der Waals surface area contributed by atoms with Gasteiger partial charge >= 0.3 is 0 Å². The molecule has 0 atom stereocenters. The molecule has 0 bridgehead atoms. The van der Waals surface area contributed by atoms with Gasteiger partial charge in [0.1, 0.15) is 11.3 Å². The zero-order valence-corrected chi connectivity index (χ0v) is 14.4. The lowest BCUT2D eigenvalue weighted by molar-refractivity contribution is 0.0987. The van der Waals surface area contributed by atoms with Gasteiger partial charge in [-0.15, -0.1) is 0 Å². The molecular formula is C19H15N3O3S. The zero-order chi connectivity index (χ0) is 17.8. The van der Waals surface area contributed by atoms with E-state index in [-0.39, 0.29) is 6.79 Å². The van der Waals surface area contributed by atoms with Crippen molar-refractivity contribution >= 4 is 34.6 Å². The molecule has 7 heteroatoms. The number of pyridine rings is 1. The second-order valence-corrected chi connectivity index (χ2v) is 6.50. The first-order chi connectivity index (χ1) is 12.8. The first-order valence-corrected chi connectivity index (χ1v) is 8.71. The van der Waals surface area contributed by atoms with Crippen molar-refractivity contribution in [2.45, 2.75) is 9.79 Å². The van der Waals surface area contributed by atoms with Gasteiger partial charge in [-0.2, -0.15) is 4.98 Å². The molecule has 130 valence electrons. The smallest absolute Gasteiger partial charge is 0.300 e. The Morgan fingerprint density at radius 2 is 1.77 bits per heavy atom. The molecule has 0 saturated heterocycles. The number of ether oxygens (including phenoxy) is 1. The van der Waals surface area contributed by atoms with Crippen LogP contribution in [0.15, 0.2) is 81.2 Å². The van der Waals surface area contributed by atoms with E-state index in [0.717, 1.165) is 15.5 Å². The van der Waals surface area contributed by atoms with Crippen molar-refractivity contribution in [1.29, 1.82) is 0 Å². The van der Waals surface area contributed by atoms with Gasteiger partial charge in [0.2, 0.25) is 0 Å². The van der Waals surface area contributed by atoms with Crippen LogP contribution < -0.4 is 10.1 Å². The molecule has 4 aromatic rings. The van der Waals surface area contributed by atoms with Crippen LogP contribution in [0, 0.1) is 0 Å². The van der Waals surface area contributed by atoms with Crippen molar-refractivity contribution < 1.29 is 14.3 Å². The average Bonchev–Trinajstić information content (AvgIpc) is 3.06. The third-order valence-corrected chi connectivity index (χ3v) is 4.60. The summed E-state index contributed by atoms with van der Waals surface area (Å²) >= 11 is 1.67. The van der Waals surface area contributed by atoms with Crippen LogP contribution in [0.25, 0.3) is 11.1 Å². The second-order valence-electron chi connectivity index (χ2n) is 5.36. The molecule has 26 heavy (non-hydrogen) atoms. The van der Waals surface area contributed by atoms with Gasteiger partial charge < -0.3 is 19.6 Å². The number of hydrogen-bond donors (Lipinski definition) is 2. The maximum absolute atomic E-state index is 8.82. The number of fused-ring (bicyclic) bond motifs is 1. The minimum Gasteiger partial charge on any atom is -0.468 e. The highest BCUT2D eigenvalue weighted by atomic mass is 32.2. The SMILES string of the molecule is OCOc1ccc2oc(Nc3ccc(Sc4ccncc4)cc3)nc2c1. The summed E-state index contributed by atoms with van der Waals surface area (Å²) in [4.78, 5) is 10.7. The molecule has 0 spiro atoms. The van der Waals surface area contributed by atoms with E-state index >= 15 is 0 Å². The van der Waals surface area contributed by atoms with E-state index in [2.05, 4.69) is 15.3 Å². The molecule has 2 aromatic carbocycles. The molecule has 2 heterocycles. The van der Waals surface area contributed by atoms with E-state index in [1.165, 1.54) is 0 Å². The predicted octanol–water partition coefficient (Wildman–Crippen LogP) is 4.45. The van der Waals surface area contributed by atoms with Crippen molar-refractivity contribution in [3.8, 4) is 5.75 Å². The van der Waals surface area contributed by atoms with Gasteiger partial charge in [0.15, 0.2) is 12.4 Å². The average molecular weight is 365 g/mol. The second kappa shape index (κ2) is 7.47. The van der Waals surface area contributed by atoms with E-state index in [9.17, 15) is 0 Å². The minimum atomic E-state index is -0.377. The summed E-state index contributed by atoms with van der Waals surface area (Å²) in [6.07, 6.45) is 3.56. The Kier molecular flexibility index (Phi) is 4.72. The molecule has 2 aromatic heterocycles. The maximum Gasteiger partial charge on any atom is 0.300 e. The number of benzene rings is 2. The maximum atomic E-state index is 8.82. The lowest BCUT2D eigenvalue weighted by Gasteiger charge is -2.04. The largest absolute Gasteiger partial charge is 0.468 e. The molecular weight excluding hydrogens is 350 g/mol. The molecule has 0 saturated carbocycles. The van der Waals surface area contributed by atoms with Gasteiger partial charge in [0.25, 0.3) is 6.01 Å². The van der Waals surface area contributed by atoms with Crippen molar-refractivity contribution in [2.24, 2.45) is 0 Å². The first-order valence-electron chi connectivity index (χ1n) is 7.89. The Hall–Kier alpha value is -3.03. The first kappa shape index (κ1) is 16.4. The van der Waals surface area contributed by atoms with Gasteiger partial charge in [-0.05, 0) is 48.5 Å². The van der Waals surface area contributed by atoms with Crippen LogP contribution in [-0.2, 0) is 0 Å². The highest BCUT2D eigenvalue weighted by Crippen LogP contribution is 2.29. The number of oxazole rings is 1. The Balaban J connectivity index is 1.47. The summed E-state index contributed by atoms with van der Waals surface area (Å²) in [5.41, 5.74) is 2.17. The summed E-state index contributed by atoms with van der Waals surface area (Å²) in [6.45, 7) is -0.377. The van der Waals surface area contributed by atoms with Crippen LogP contribution in [0.3, 0.4) is 0 Å². The molecule has 0 fully saturated rings. The number of aliphatic hydroxyl groups is 1. The lowest BCUT2D eigenvalue weighted by Crippen LogP contribution is -1.93. The Bertz CT molecular complexity index is 1000. The van der Waals surface area contributed by atoms with Gasteiger partial charge in [-0.1, -0.05) is 11.8 Å². The third-order valence-electron chi connectivity index (χ3n) is 3.58. The number of nitrogens with one attached hydrogen (secondary N) is 1. The summed E-state index contributed by atoms with van der Waals surface area (Å²) in [5.74, 6) is 0.539. The fourth-order valence-electron chi connectivity index (χ4n) is 2.40. The third kappa shape index (κ3) is 3.79. The van der Waals surface area contributed by atoms with Crippen LogP contribution in [0.5, 0.6) is 5.75 Å². The van der Waals surface area contributed by atoms with E-state index < -0.39 is 0 Å². The zero-order valence-electron chi connectivity index (χ0n) is 13.6. The van der Waals surface area contributed by atoms with Crippen molar-refractivity contribution in [1.82, 2.24) is 9.97 Å². The van der Waals surface area contributed by atoms with Gasteiger partial charge in [0.05, 0.1) is 0 Å². The quantitative estimate of drug-likeness (QED) is 0.489. The molecule has 4 rings (SSSR count). The van der Waals surface area contributed by atoms with Crippen LogP contribution >= 0.6 is 11.8 Å². The monoisotopic (exact) mass is 365 g/mol. The number of hydrogen-bond acceptors (Lipinski definition) is 7. The lowest BCUT2D eigenvalue weighted by atomic mass is 10.3. The van der Waals surface area contributed by atoms with Gasteiger partial charge in [0, 0.05) is 33.9 Å². The minimum absolute atomic E-state index is 0.377. The van der Waals surface area contributed by atoms with Crippen LogP contribution in [-0.4, -0.2) is 21.9 Å². The van der Waals surface area contributed by atoms with E-state index in [1.807, 2.05) is 36.4 Å². The highest BCUT2D eigenvalue weighted by molar-refractivity contribution is 7.99. The fourth-order valence-corrected chi connectivity index (χ4v) is 3.20. The predicted molar refractivity (Wildman–Crippen MR) is 99.8 cm³/mol. The number of aliphatic hydroxyl groups excluding tert-OH is 1. The van der Waals surface area contributed by atoms with Crippen LogP contribution in [0.1, 0.15) is 0 Å². The molecule has 0 amide bonds. The number of anilines is 2. The van der Waals surface area contributed by atoms with Gasteiger partial charge in [-0.25, -0.2) is 0 Å². The Morgan fingerprint density at radius 3 is 2.54 bits per heavy atom. The van der Waals surface area contributed by atoms with Gasteiger partial charge in [-0.3, -0.25) is 4.98 Å². The van der Waals surface area contributed by atoms with E-state index in [4.69, 9.17) is 14.3 Å². The van der Waals surface area contributed by atoms with Crippen molar-refractivity contribution in [2.75, 3.05) is 12.1 Å². The number of nitrogens with zero attached hydrogens (tertiary/aromatic N) is 2. The van der Waals surface area contributed by atoms with Crippen molar-refractivity contribution in [3.05, 3.63) is 67.0 Å². The standard InChI is InChI=1S/C19H15N3O3S/c23-12-24-14-3-6-18-17(11-14)22-19(25-18)21-13-1-4-15(5-2-13)26-16-7-9-20-10-8-16/h1-11,23H,12H2,(H,21,22). The summed E-state index contributed by atoms with van der Waals surface area (Å²) in [5, 5.41) is 12.0. The summed E-state index contributed by atoms with van der Waals surface area (Å²) in [6, 6.07) is 17.5.